The van der Waals surface area contributed by atoms with Gasteiger partial charge in [0.15, 0.2) is 0 Å². The number of carbonyl (C=O) groups is 2. The molecule has 0 aromatic carbocycles. The molecule has 0 aromatic heterocycles. The summed E-state index contributed by atoms with van der Waals surface area (Å²) in [6.07, 6.45) is 23.3. The van der Waals surface area contributed by atoms with Crippen molar-refractivity contribution >= 4 is 11.9 Å². The Bertz CT molecular complexity index is 468. The minimum Gasteiger partial charge on any atom is -0.463 e. The van der Waals surface area contributed by atoms with E-state index >= 15 is 0 Å². The van der Waals surface area contributed by atoms with Crippen molar-refractivity contribution < 1.29 is 19.1 Å². The van der Waals surface area contributed by atoms with Gasteiger partial charge in [-0.05, 0) is 18.9 Å². The first-order valence-corrected chi connectivity index (χ1v) is 12.2. The van der Waals surface area contributed by atoms with Crippen LogP contribution in [0.1, 0.15) is 117 Å². The number of ether oxygens (including phenoxy) is 2. The third-order valence-electron chi connectivity index (χ3n) is 5.06. The van der Waals surface area contributed by atoms with E-state index in [9.17, 15) is 9.59 Å². The van der Waals surface area contributed by atoms with Crippen molar-refractivity contribution in [3.05, 3.63) is 24.3 Å². The van der Waals surface area contributed by atoms with E-state index < -0.39 is 11.9 Å². The van der Waals surface area contributed by atoms with E-state index in [2.05, 4.69) is 13.5 Å². The third kappa shape index (κ3) is 22.7. The van der Waals surface area contributed by atoms with Crippen molar-refractivity contribution in [2.24, 2.45) is 0 Å². The second-order valence-electron chi connectivity index (χ2n) is 8.37. The van der Waals surface area contributed by atoms with E-state index in [-0.39, 0.29) is 6.61 Å². The van der Waals surface area contributed by atoms with Crippen LogP contribution in [-0.2, 0) is 19.1 Å². The first-order valence-electron chi connectivity index (χ1n) is 12.2. The Labute approximate surface area is 185 Å². The number of esters is 2. The van der Waals surface area contributed by atoms with Crippen LogP contribution in [0.4, 0.5) is 0 Å². The van der Waals surface area contributed by atoms with Crippen molar-refractivity contribution in [1.29, 1.82) is 0 Å². The maximum Gasteiger partial charge on any atom is 0.331 e. The molecule has 0 rings (SSSR count). The highest BCUT2D eigenvalue weighted by molar-refractivity contribution is 5.91. The number of carbonyl (C=O) groups excluding carboxylic acids is 2. The maximum absolute atomic E-state index is 11.5. The maximum atomic E-state index is 11.5. The summed E-state index contributed by atoms with van der Waals surface area (Å²) in [5.74, 6) is -1.06. The average Bonchev–Trinajstić information content (AvgIpc) is 2.72. The lowest BCUT2D eigenvalue weighted by Gasteiger charge is -2.04. The van der Waals surface area contributed by atoms with Crippen LogP contribution in [0, 0.1) is 0 Å². The van der Waals surface area contributed by atoms with E-state index in [4.69, 9.17) is 9.47 Å². The van der Waals surface area contributed by atoms with Crippen molar-refractivity contribution in [3.8, 4) is 0 Å². The molecule has 30 heavy (non-hydrogen) atoms. The molecule has 0 fully saturated rings. The topological polar surface area (TPSA) is 52.6 Å². The van der Waals surface area contributed by atoms with Crippen LogP contribution < -0.4 is 0 Å². The number of hydrogen-bond acceptors (Lipinski definition) is 4. The largest absolute Gasteiger partial charge is 0.463 e. The first kappa shape index (κ1) is 28.4. The minimum absolute atomic E-state index is 0.164. The summed E-state index contributed by atoms with van der Waals surface area (Å²) in [7, 11) is 0. The van der Waals surface area contributed by atoms with Gasteiger partial charge in [0.2, 0.25) is 0 Å². The SMILES string of the molecule is C=C(C)COC(=O)/C=C/C(=O)OCCCCCCCCCCCCCCCCCC. The van der Waals surface area contributed by atoms with Crippen LogP contribution in [0.2, 0.25) is 0 Å². The molecular formula is C26H46O4. The zero-order valence-electron chi connectivity index (χ0n) is 19.7. The highest BCUT2D eigenvalue weighted by atomic mass is 16.5. The fraction of sp³-hybridized carbons (Fsp3) is 0.769. The molecule has 0 N–H and O–H groups in total. The summed E-state index contributed by atoms with van der Waals surface area (Å²) in [6, 6.07) is 0. The zero-order chi connectivity index (χ0) is 22.3. The van der Waals surface area contributed by atoms with E-state index in [0.717, 1.165) is 30.6 Å². The molecule has 0 saturated carbocycles. The lowest BCUT2D eigenvalue weighted by Crippen LogP contribution is -2.06. The summed E-state index contributed by atoms with van der Waals surface area (Å²) in [5, 5.41) is 0. The molecule has 0 aliphatic carbocycles. The van der Waals surface area contributed by atoms with Crippen molar-refractivity contribution in [2.45, 2.75) is 117 Å². The van der Waals surface area contributed by atoms with E-state index in [1.54, 1.807) is 6.92 Å². The molecule has 0 unspecified atom stereocenters. The Morgan fingerprint density at radius 2 is 1.00 bits per heavy atom. The molecule has 0 atom stereocenters. The highest BCUT2D eigenvalue weighted by Gasteiger charge is 2.01. The van der Waals surface area contributed by atoms with Crippen LogP contribution in [0.5, 0.6) is 0 Å². The molecule has 0 bridgehead atoms. The predicted molar refractivity (Wildman–Crippen MR) is 125 cm³/mol. The summed E-state index contributed by atoms with van der Waals surface area (Å²) >= 11 is 0. The molecule has 4 nitrogen and oxygen atoms in total. The quantitative estimate of drug-likeness (QED) is 0.0833. The summed E-state index contributed by atoms with van der Waals surface area (Å²) in [5.41, 5.74) is 0.753. The van der Waals surface area contributed by atoms with Gasteiger partial charge >= 0.3 is 11.9 Å². The monoisotopic (exact) mass is 422 g/mol. The van der Waals surface area contributed by atoms with Gasteiger partial charge in [-0.15, -0.1) is 0 Å². The Kier molecular flexibility index (Phi) is 20.9. The van der Waals surface area contributed by atoms with Gasteiger partial charge in [-0.1, -0.05) is 110 Å². The summed E-state index contributed by atoms with van der Waals surface area (Å²) in [6.45, 7) is 8.24. The van der Waals surface area contributed by atoms with Crippen LogP contribution in [0.15, 0.2) is 24.3 Å². The second kappa shape index (κ2) is 22.1. The lowest BCUT2D eigenvalue weighted by molar-refractivity contribution is -0.140. The molecular weight excluding hydrogens is 376 g/mol. The number of unbranched alkanes of at least 4 members (excludes halogenated alkanes) is 15. The highest BCUT2D eigenvalue weighted by Crippen LogP contribution is 2.13. The molecule has 4 heteroatoms. The normalized spacial score (nSPS) is 11.0. The molecule has 0 radical (unpaired) electrons. The Hall–Kier alpha value is -1.58. The van der Waals surface area contributed by atoms with Gasteiger partial charge in [-0.3, -0.25) is 0 Å². The molecule has 0 aromatic rings. The fourth-order valence-corrected chi connectivity index (χ4v) is 3.25. The van der Waals surface area contributed by atoms with Crippen molar-refractivity contribution in [2.75, 3.05) is 13.2 Å². The van der Waals surface area contributed by atoms with Gasteiger partial charge in [-0.25, -0.2) is 9.59 Å². The van der Waals surface area contributed by atoms with E-state index in [1.807, 2.05) is 0 Å². The molecule has 0 spiro atoms. The van der Waals surface area contributed by atoms with Crippen molar-refractivity contribution in [3.63, 3.8) is 0 Å². The van der Waals surface area contributed by atoms with Gasteiger partial charge in [0.1, 0.15) is 6.61 Å². The molecule has 0 saturated heterocycles. The first-order chi connectivity index (χ1) is 14.6. The average molecular weight is 423 g/mol. The standard InChI is InChI=1S/C26H46O4/c1-4-5-6-7-8-9-10-11-12-13-14-15-16-17-18-19-22-29-25(27)20-21-26(28)30-23-24(2)3/h20-21H,2,4-19,22-23H2,1,3H3/b21-20+. The Morgan fingerprint density at radius 3 is 1.40 bits per heavy atom. The fourth-order valence-electron chi connectivity index (χ4n) is 3.25. The van der Waals surface area contributed by atoms with Crippen LogP contribution in [0.3, 0.4) is 0 Å². The van der Waals surface area contributed by atoms with Gasteiger partial charge < -0.3 is 9.47 Å². The Morgan fingerprint density at radius 1 is 0.633 bits per heavy atom. The zero-order valence-corrected chi connectivity index (χ0v) is 19.7. The predicted octanol–water partition coefficient (Wildman–Crippen LogP) is 7.47. The Balaban J connectivity index is 3.30. The van der Waals surface area contributed by atoms with Crippen molar-refractivity contribution in [1.82, 2.24) is 0 Å². The van der Waals surface area contributed by atoms with Crippen LogP contribution >= 0.6 is 0 Å². The van der Waals surface area contributed by atoms with E-state index in [0.29, 0.717) is 6.61 Å². The second-order valence-corrected chi connectivity index (χ2v) is 8.37. The molecule has 0 amide bonds. The lowest BCUT2D eigenvalue weighted by atomic mass is 10.0. The number of rotatable bonds is 21. The molecule has 174 valence electrons. The minimum atomic E-state index is -0.558. The molecule has 0 aliphatic rings. The molecule has 0 aliphatic heterocycles. The van der Waals surface area contributed by atoms with E-state index in [1.165, 1.54) is 89.9 Å². The smallest absolute Gasteiger partial charge is 0.331 e. The summed E-state index contributed by atoms with van der Waals surface area (Å²) in [4.78, 5) is 22.8. The summed E-state index contributed by atoms with van der Waals surface area (Å²) < 4.78 is 9.95. The number of hydrogen-bond donors (Lipinski definition) is 0. The van der Waals surface area contributed by atoms with Gasteiger partial charge in [0.05, 0.1) is 6.61 Å². The van der Waals surface area contributed by atoms with Crippen LogP contribution in [-0.4, -0.2) is 25.2 Å². The van der Waals surface area contributed by atoms with Gasteiger partial charge in [0, 0.05) is 12.2 Å². The molecule has 0 heterocycles. The van der Waals surface area contributed by atoms with Gasteiger partial charge in [0.25, 0.3) is 0 Å². The third-order valence-corrected chi connectivity index (χ3v) is 5.06. The van der Waals surface area contributed by atoms with Gasteiger partial charge in [-0.2, -0.15) is 0 Å². The van der Waals surface area contributed by atoms with Crippen LogP contribution in [0.25, 0.3) is 0 Å².